The van der Waals surface area contributed by atoms with Gasteiger partial charge in [-0.25, -0.2) is 0 Å². The van der Waals surface area contributed by atoms with Gasteiger partial charge in [0.1, 0.15) is 5.69 Å². The van der Waals surface area contributed by atoms with E-state index in [1.54, 1.807) is 0 Å². The molecular formula is C22H25ClN2O. The molecule has 0 radical (unpaired) electrons. The lowest BCUT2D eigenvalue weighted by Crippen LogP contribution is -2.18. The molecule has 0 fully saturated rings. The first-order chi connectivity index (χ1) is 12.2. The molecule has 0 unspecified atom stereocenters. The van der Waals surface area contributed by atoms with Gasteiger partial charge in [-0.2, -0.15) is 0 Å². The molecule has 1 heterocycles. The van der Waals surface area contributed by atoms with Crippen molar-refractivity contribution in [3.63, 3.8) is 0 Å². The Morgan fingerprint density at radius 2 is 1.77 bits per heavy atom. The van der Waals surface area contributed by atoms with E-state index in [9.17, 15) is 4.79 Å². The summed E-state index contributed by atoms with van der Waals surface area (Å²) in [6, 6.07) is 13.8. The summed E-state index contributed by atoms with van der Waals surface area (Å²) in [6.45, 7) is 11.3. The molecule has 1 N–H and O–H groups in total. The summed E-state index contributed by atoms with van der Waals surface area (Å²) in [4.78, 5) is 13.0. The van der Waals surface area contributed by atoms with Gasteiger partial charge in [-0.1, -0.05) is 44.5 Å². The Morgan fingerprint density at radius 3 is 2.35 bits per heavy atom. The first kappa shape index (κ1) is 18.5. The largest absolute Gasteiger partial charge is 0.337 e. The molecule has 2 aromatic carbocycles. The summed E-state index contributed by atoms with van der Waals surface area (Å²) in [5.41, 5.74) is 4.80. The van der Waals surface area contributed by atoms with E-state index in [2.05, 4.69) is 38.2 Å². The molecule has 3 rings (SSSR count). The zero-order valence-electron chi connectivity index (χ0n) is 16.0. The van der Waals surface area contributed by atoms with Gasteiger partial charge >= 0.3 is 0 Å². The van der Waals surface area contributed by atoms with Gasteiger partial charge in [0, 0.05) is 28.2 Å². The highest BCUT2D eigenvalue weighted by Gasteiger charge is 2.20. The number of aryl methyl sites for hydroxylation is 2. The highest BCUT2D eigenvalue weighted by atomic mass is 35.5. The van der Waals surface area contributed by atoms with E-state index in [1.165, 1.54) is 5.56 Å². The maximum Gasteiger partial charge on any atom is 0.272 e. The number of nitrogens with zero attached hydrogens (tertiary/aromatic N) is 1. The Morgan fingerprint density at radius 1 is 1.12 bits per heavy atom. The van der Waals surface area contributed by atoms with Crippen LogP contribution >= 0.6 is 11.6 Å². The maximum atomic E-state index is 13.0. The number of rotatable bonds is 3. The Kier molecular flexibility index (Phi) is 4.85. The fourth-order valence-corrected chi connectivity index (χ4v) is 3.53. The summed E-state index contributed by atoms with van der Waals surface area (Å²) in [6.07, 6.45) is 0. The second-order valence-electron chi connectivity index (χ2n) is 7.66. The molecule has 26 heavy (non-hydrogen) atoms. The molecular weight excluding hydrogens is 344 g/mol. The molecule has 0 saturated heterocycles. The van der Waals surface area contributed by atoms with E-state index >= 15 is 0 Å². The maximum absolute atomic E-state index is 13.0. The van der Waals surface area contributed by atoms with E-state index in [1.807, 2.05) is 48.7 Å². The molecule has 0 bridgehead atoms. The number of halogens is 1. The van der Waals surface area contributed by atoms with Gasteiger partial charge in [-0.15, -0.1) is 0 Å². The Bertz CT molecular complexity index is 962. The molecule has 136 valence electrons. The molecule has 0 saturated carbocycles. The number of hydrogen-bond acceptors (Lipinski definition) is 1. The van der Waals surface area contributed by atoms with Crippen molar-refractivity contribution in [1.82, 2.24) is 4.57 Å². The van der Waals surface area contributed by atoms with Crippen LogP contribution in [-0.4, -0.2) is 10.5 Å². The minimum atomic E-state index is -0.0971. The number of amides is 1. The molecule has 0 aliphatic heterocycles. The third kappa shape index (κ3) is 3.36. The zero-order valence-corrected chi connectivity index (χ0v) is 16.7. The quantitative estimate of drug-likeness (QED) is 0.589. The van der Waals surface area contributed by atoms with Crippen molar-refractivity contribution >= 4 is 34.1 Å². The lowest BCUT2D eigenvalue weighted by atomic mass is 9.87. The predicted molar refractivity (Wildman–Crippen MR) is 110 cm³/mol. The number of anilines is 1. The molecule has 4 heteroatoms. The SMILES string of the molecule is CCn1c(C(=O)Nc2ccc(C(C)(C)C)cc2)c(C)c2cc(Cl)ccc21. The topological polar surface area (TPSA) is 34.0 Å². The average Bonchev–Trinajstić information content (AvgIpc) is 2.86. The van der Waals surface area contributed by atoms with Gasteiger partial charge < -0.3 is 9.88 Å². The van der Waals surface area contributed by atoms with Crippen molar-refractivity contribution in [1.29, 1.82) is 0 Å². The Balaban J connectivity index is 1.96. The van der Waals surface area contributed by atoms with Crippen LogP contribution in [0.4, 0.5) is 5.69 Å². The molecule has 0 spiro atoms. The number of benzene rings is 2. The third-order valence-corrected chi connectivity index (χ3v) is 5.05. The smallest absolute Gasteiger partial charge is 0.272 e. The highest BCUT2D eigenvalue weighted by molar-refractivity contribution is 6.31. The van der Waals surface area contributed by atoms with Gasteiger partial charge in [-0.05, 0) is 60.7 Å². The molecule has 1 amide bonds. The highest BCUT2D eigenvalue weighted by Crippen LogP contribution is 2.29. The minimum Gasteiger partial charge on any atom is -0.337 e. The number of carbonyl (C=O) groups excluding carboxylic acids is 1. The molecule has 0 aliphatic carbocycles. The summed E-state index contributed by atoms with van der Waals surface area (Å²) < 4.78 is 2.04. The van der Waals surface area contributed by atoms with Crippen LogP contribution in [0.3, 0.4) is 0 Å². The molecule has 3 aromatic rings. The number of nitrogens with one attached hydrogen (secondary N) is 1. The van der Waals surface area contributed by atoms with Gasteiger partial charge in [-0.3, -0.25) is 4.79 Å². The summed E-state index contributed by atoms with van der Waals surface area (Å²) in [7, 11) is 0. The van der Waals surface area contributed by atoms with E-state index in [0.29, 0.717) is 10.7 Å². The summed E-state index contributed by atoms with van der Waals surface area (Å²) in [5.74, 6) is -0.0971. The lowest BCUT2D eigenvalue weighted by molar-refractivity contribution is 0.101. The van der Waals surface area contributed by atoms with Gasteiger partial charge in [0.15, 0.2) is 0 Å². The lowest BCUT2D eigenvalue weighted by Gasteiger charge is -2.19. The van der Waals surface area contributed by atoms with Crippen LogP contribution in [0.15, 0.2) is 42.5 Å². The number of fused-ring (bicyclic) bond motifs is 1. The van der Waals surface area contributed by atoms with Crippen LogP contribution in [0.5, 0.6) is 0 Å². The predicted octanol–water partition coefficient (Wildman–Crippen LogP) is 6.17. The standard InChI is InChI=1S/C22H25ClN2O/c1-6-25-19-12-9-16(23)13-18(19)14(2)20(25)21(26)24-17-10-7-15(8-11-17)22(3,4)5/h7-13H,6H2,1-5H3,(H,24,26). The van der Waals surface area contributed by atoms with E-state index in [0.717, 1.165) is 28.7 Å². The Hall–Kier alpha value is -2.26. The first-order valence-electron chi connectivity index (χ1n) is 8.92. The molecule has 1 aromatic heterocycles. The van der Waals surface area contributed by atoms with Crippen molar-refractivity contribution in [2.75, 3.05) is 5.32 Å². The summed E-state index contributed by atoms with van der Waals surface area (Å²) in [5, 5.41) is 4.74. The average molecular weight is 369 g/mol. The van der Waals surface area contributed by atoms with Crippen LogP contribution in [0.2, 0.25) is 5.02 Å². The molecule has 0 aliphatic rings. The van der Waals surface area contributed by atoms with Gasteiger partial charge in [0.05, 0.1) is 0 Å². The van der Waals surface area contributed by atoms with Crippen molar-refractivity contribution < 1.29 is 4.79 Å². The van der Waals surface area contributed by atoms with Crippen LogP contribution in [-0.2, 0) is 12.0 Å². The Labute approximate surface area is 160 Å². The van der Waals surface area contributed by atoms with Gasteiger partial charge in [0.2, 0.25) is 0 Å². The summed E-state index contributed by atoms with van der Waals surface area (Å²) >= 11 is 6.15. The van der Waals surface area contributed by atoms with Crippen molar-refractivity contribution in [3.05, 3.63) is 64.3 Å². The number of hydrogen-bond donors (Lipinski definition) is 1. The minimum absolute atomic E-state index is 0.0903. The van der Waals surface area contributed by atoms with Crippen LogP contribution < -0.4 is 5.32 Å². The second kappa shape index (κ2) is 6.81. The van der Waals surface area contributed by atoms with Gasteiger partial charge in [0.25, 0.3) is 5.91 Å². The van der Waals surface area contributed by atoms with Crippen LogP contribution in [0.25, 0.3) is 10.9 Å². The van der Waals surface area contributed by atoms with Crippen LogP contribution in [0.1, 0.15) is 49.3 Å². The molecule has 3 nitrogen and oxygen atoms in total. The second-order valence-corrected chi connectivity index (χ2v) is 8.10. The molecule has 0 atom stereocenters. The van der Waals surface area contributed by atoms with E-state index in [4.69, 9.17) is 11.6 Å². The van der Waals surface area contributed by atoms with E-state index < -0.39 is 0 Å². The first-order valence-corrected chi connectivity index (χ1v) is 9.30. The third-order valence-electron chi connectivity index (χ3n) is 4.82. The van der Waals surface area contributed by atoms with Crippen molar-refractivity contribution in [3.8, 4) is 0 Å². The zero-order chi connectivity index (χ0) is 19.1. The number of aromatic nitrogens is 1. The fraction of sp³-hybridized carbons (Fsp3) is 0.318. The van der Waals surface area contributed by atoms with Crippen molar-refractivity contribution in [2.24, 2.45) is 0 Å². The normalized spacial score (nSPS) is 11.8. The van der Waals surface area contributed by atoms with Crippen molar-refractivity contribution in [2.45, 2.75) is 46.6 Å². The number of carbonyl (C=O) groups is 1. The monoisotopic (exact) mass is 368 g/mol. The fourth-order valence-electron chi connectivity index (χ4n) is 3.36. The van der Waals surface area contributed by atoms with Crippen LogP contribution in [0, 0.1) is 6.92 Å². The van der Waals surface area contributed by atoms with E-state index in [-0.39, 0.29) is 11.3 Å².